The molecule has 1 aliphatic heterocycles. The van der Waals surface area contributed by atoms with Gasteiger partial charge in [0.1, 0.15) is 11.8 Å². The van der Waals surface area contributed by atoms with E-state index in [1.54, 1.807) is 42.0 Å². The molecule has 0 aliphatic carbocycles. The molecule has 1 aromatic carbocycles. The summed E-state index contributed by atoms with van der Waals surface area (Å²) in [6.45, 7) is 6.34. The molecule has 0 radical (unpaired) electrons. The maximum Gasteiger partial charge on any atom is 0.318 e. The van der Waals surface area contributed by atoms with Crippen molar-refractivity contribution in [1.82, 2.24) is 10.2 Å². The van der Waals surface area contributed by atoms with Gasteiger partial charge in [0, 0.05) is 24.2 Å². The van der Waals surface area contributed by atoms with Gasteiger partial charge in [-0.3, -0.25) is 4.79 Å². The molecule has 0 aromatic heterocycles. The van der Waals surface area contributed by atoms with Crippen LogP contribution in [0.1, 0.15) is 20.8 Å². The number of anilines is 1. The minimum absolute atomic E-state index is 0.0239. The third kappa shape index (κ3) is 3.69. The summed E-state index contributed by atoms with van der Waals surface area (Å²) < 4.78 is 5.32. The number of carbonyl (C=O) groups excluding carboxylic acids is 2. The summed E-state index contributed by atoms with van der Waals surface area (Å²) >= 11 is 6.05. The summed E-state index contributed by atoms with van der Waals surface area (Å²) in [6.07, 6.45) is 0. The summed E-state index contributed by atoms with van der Waals surface area (Å²) in [4.78, 5) is 28.1. The van der Waals surface area contributed by atoms with Crippen molar-refractivity contribution in [3.05, 3.63) is 23.2 Å². The molecule has 1 heterocycles. The number of hydrogen-bond donors (Lipinski definition) is 1. The Kier molecular flexibility index (Phi) is 5.36. The average molecular weight is 340 g/mol. The normalized spacial score (nSPS) is 18.3. The molecule has 2 rings (SSSR count). The monoisotopic (exact) mass is 339 g/mol. The molecule has 0 spiro atoms. The highest BCUT2D eigenvalue weighted by atomic mass is 35.5. The Balaban J connectivity index is 2.22. The first-order chi connectivity index (χ1) is 10.8. The summed E-state index contributed by atoms with van der Waals surface area (Å²) in [5.41, 5.74) is 0.626. The van der Waals surface area contributed by atoms with Crippen molar-refractivity contribution in [1.29, 1.82) is 0 Å². The second-order valence-corrected chi connectivity index (χ2v) is 6.22. The van der Waals surface area contributed by atoms with Crippen molar-refractivity contribution in [3.8, 4) is 5.75 Å². The number of benzene rings is 1. The Hall–Kier alpha value is -1.95. The van der Waals surface area contributed by atoms with Gasteiger partial charge in [-0.1, -0.05) is 11.6 Å². The highest BCUT2D eigenvalue weighted by Gasteiger charge is 2.36. The zero-order chi connectivity index (χ0) is 17.1. The third-order valence-corrected chi connectivity index (χ3v) is 4.00. The quantitative estimate of drug-likeness (QED) is 0.920. The lowest BCUT2D eigenvalue weighted by atomic mass is 10.1. The molecule has 1 saturated heterocycles. The number of rotatable bonds is 3. The van der Waals surface area contributed by atoms with Gasteiger partial charge in [0.2, 0.25) is 5.91 Å². The first-order valence-electron chi connectivity index (χ1n) is 7.57. The maximum absolute atomic E-state index is 12.7. The van der Waals surface area contributed by atoms with Gasteiger partial charge < -0.3 is 19.9 Å². The summed E-state index contributed by atoms with van der Waals surface area (Å²) in [5.74, 6) is 0.422. The van der Waals surface area contributed by atoms with E-state index in [0.29, 0.717) is 29.5 Å². The van der Waals surface area contributed by atoms with E-state index in [0.717, 1.165) is 0 Å². The van der Waals surface area contributed by atoms with Crippen LogP contribution < -0.4 is 15.0 Å². The molecule has 3 amide bonds. The Bertz CT molecular complexity index is 606. The van der Waals surface area contributed by atoms with Gasteiger partial charge in [-0.25, -0.2) is 4.79 Å². The molecule has 23 heavy (non-hydrogen) atoms. The number of nitrogens with one attached hydrogen (secondary N) is 1. The summed E-state index contributed by atoms with van der Waals surface area (Å²) in [5, 5.41) is 3.35. The first kappa shape index (κ1) is 17.4. The van der Waals surface area contributed by atoms with Gasteiger partial charge in [0.25, 0.3) is 0 Å². The van der Waals surface area contributed by atoms with Crippen LogP contribution in [0.2, 0.25) is 5.02 Å². The second-order valence-electron chi connectivity index (χ2n) is 5.78. The van der Waals surface area contributed by atoms with Crippen LogP contribution in [0.4, 0.5) is 10.5 Å². The lowest BCUT2D eigenvalue weighted by Crippen LogP contribution is -2.60. The van der Waals surface area contributed by atoms with Gasteiger partial charge >= 0.3 is 6.03 Å². The van der Waals surface area contributed by atoms with E-state index in [2.05, 4.69) is 5.32 Å². The Morgan fingerprint density at radius 1 is 1.39 bits per heavy atom. The van der Waals surface area contributed by atoms with Crippen molar-refractivity contribution in [2.75, 3.05) is 25.1 Å². The van der Waals surface area contributed by atoms with Crippen LogP contribution in [0.3, 0.4) is 0 Å². The molecule has 0 unspecified atom stereocenters. The number of carbonyl (C=O) groups is 2. The smallest absolute Gasteiger partial charge is 0.318 e. The third-order valence-electron chi connectivity index (χ3n) is 3.76. The van der Waals surface area contributed by atoms with Gasteiger partial charge in [-0.05, 0) is 39.0 Å². The van der Waals surface area contributed by atoms with Crippen LogP contribution in [0.5, 0.6) is 5.75 Å². The standard InChI is InChI=1S/C16H22ClN3O3/c1-10(2)18-16(22)19-7-8-20(15(21)11(19)3)13-9-12(17)5-6-14(13)23-4/h5-6,9-11H,7-8H2,1-4H3,(H,18,22)/t11-/m0/s1. The van der Waals surface area contributed by atoms with Crippen molar-refractivity contribution in [2.24, 2.45) is 0 Å². The second kappa shape index (κ2) is 7.08. The molecule has 1 atom stereocenters. The lowest BCUT2D eigenvalue weighted by molar-refractivity contribution is -0.124. The molecule has 1 fully saturated rings. The fourth-order valence-corrected chi connectivity index (χ4v) is 2.76. The highest BCUT2D eigenvalue weighted by Crippen LogP contribution is 2.33. The first-order valence-corrected chi connectivity index (χ1v) is 7.95. The number of nitrogens with zero attached hydrogens (tertiary/aromatic N) is 2. The molecule has 126 valence electrons. The van der Waals surface area contributed by atoms with Crippen LogP contribution >= 0.6 is 11.6 Å². The van der Waals surface area contributed by atoms with E-state index in [1.807, 2.05) is 13.8 Å². The highest BCUT2D eigenvalue weighted by molar-refractivity contribution is 6.31. The van der Waals surface area contributed by atoms with Crippen LogP contribution in [-0.4, -0.2) is 49.1 Å². The van der Waals surface area contributed by atoms with Crippen molar-refractivity contribution >= 4 is 29.2 Å². The van der Waals surface area contributed by atoms with E-state index in [9.17, 15) is 9.59 Å². The number of piperazine rings is 1. The SMILES string of the molecule is COc1ccc(Cl)cc1N1CCN(C(=O)NC(C)C)[C@@H](C)C1=O. The zero-order valence-corrected chi connectivity index (χ0v) is 14.6. The molecule has 1 N–H and O–H groups in total. The summed E-state index contributed by atoms with van der Waals surface area (Å²) in [6, 6.07) is 4.40. The number of halogens is 1. The number of amides is 3. The van der Waals surface area contributed by atoms with Crippen LogP contribution in [0.15, 0.2) is 18.2 Å². The van der Waals surface area contributed by atoms with E-state index < -0.39 is 6.04 Å². The minimum Gasteiger partial charge on any atom is -0.495 e. The van der Waals surface area contributed by atoms with E-state index in [-0.39, 0.29) is 18.0 Å². The Morgan fingerprint density at radius 2 is 2.09 bits per heavy atom. The van der Waals surface area contributed by atoms with Crippen LogP contribution in [-0.2, 0) is 4.79 Å². The average Bonchev–Trinajstić information content (AvgIpc) is 2.49. The number of hydrogen-bond acceptors (Lipinski definition) is 3. The molecule has 6 nitrogen and oxygen atoms in total. The predicted octanol–water partition coefficient (Wildman–Crippen LogP) is 2.50. The van der Waals surface area contributed by atoms with Crippen molar-refractivity contribution < 1.29 is 14.3 Å². The Labute approximate surface area is 141 Å². The van der Waals surface area contributed by atoms with Crippen molar-refractivity contribution in [3.63, 3.8) is 0 Å². The molecule has 1 aromatic rings. The fraction of sp³-hybridized carbons (Fsp3) is 0.500. The van der Waals surface area contributed by atoms with Gasteiger partial charge in [-0.2, -0.15) is 0 Å². The maximum atomic E-state index is 12.7. The molecular formula is C16H22ClN3O3. The van der Waals surface area contributed by atoms with Crippen LogP contribution in [0, 0.1) is 0 Å². The number of ether oxygens (including phenoxy) is 1. The zero-order valence-electron chi connectivity index (χ0n) is 13.8. The summed E-state index contributed by atoms with van der Waals surface area (Å²) in [7, 11) is 1.55. The molecule has 7 heteroatoms. The molecule has 1 aliphatic rings. The topological polar surface area (TPSA) is 61.9 Å². The lowest BCUT2D eigenvalue weighted by Gasteiger charge is -2.39. The van der Waals surface area contributed by atoms with Crippen LogP contribution in [0.25, 0.3) is 0 Å². The van der Waals surface area contributed by atoms with Gasteiger partial charge in [0.15, 0.2) is 0 Å². The van der Waals surface area contributed by atoms with Crippen molar-refractivity contribution in [2.45, 2.75) is 32.9 Å². The Morgan fingerprint density at radius 3 is 2.70 bits per heavy atom. The fourth-order valence-electron chi connectivity index (χ4n) is 2.59. The predicted molar refractivity (Wildman–Crippen MR) is 90.2 cm³/mol. The van der Waals surface area contributed by atoms with E-state index in [1.165, 1.54) is 0 Å². The van der Waals surface area contributed by atoms with E-state index in [4.69, 9.17) is 16.3 Å². The largest absolute Gasteiger partial charge is 0.495 e. The number of urea groups is 1. The minimum atomic E-state index is -0.550. The number of methoxy groups -OCH3 is 1. The van der Waals surface area contributed by atoms with Gasteiger partial charge in [-0.15, -0.1) is 0 Å². The van der Waals surface area contributed by atoms with E-state index >= 15 is 0 Å². The van der Waals surface area contributed by atoms with Gasteiger partial charge in [0.05, 0.1) is 12.8 Å². The molecular weight excluding hydrogens is 318 g/mol. The molecule has 0 saturated carbocycles. The molecule has 0 bridgehead atoms.